The highest BCUT2D eigenvalue weighted by Gasteiger charge is 2.21. The van der Waals surface area contributed by atoms with Crippen LogP contribution in [0.2, 0.25) is 0 Å². The van der Waals surface area contributed by atoms with Gasteiger partial charge in [0.1, 0.15) is 11.6 Å². The Morgan fingerprint density at radius 3 is 2.77 bits per heavy atom. The molecule has 1 aliphatic rings. The number of nitrogens with one attached hydrogen (secondary N) is 2. The molecule has 0 saturated carbocycles. The second-order valence-electron chi connectivity index (χ2n) is 7.31. The monoisotopic (exact) mass is 418 g/mol. The first-order valence-electron chi connectivity index (χ1n) is 9.97. The number of pyridine rings is 1. The number of anilines is 2. The van der Waals surface area contributed by atoms with Gasteiger partial charge in [0.2, 0.25) is 5.91 Å². The molecular weight excluding hydrogens is 391 g/mol. The van der Waals surface area contributed by atoms with E-state index in [4.69, 9.17) is 4.74 Å². The SMILES string of the molecule is Cc1c(N[C@@H](C)COCCC(=O)N2CCN(c3ccc(F)cn3)CC2)cn[nH]c1=O. The number of hydrogen-bond donors (Lipinski definition) is 2. The minimum atomic E-state index is -0.360. The highest BCUT2D eigenvalue weighted by Crippen LogP contribution is 2.14. The van der Waals surface area contributed by atoms with E-state index < -0.39 is 0 Å². The van der Waals surface area contributed by atoms with Crippen molar-refractivity contribution in [3.63, 3.8) is 0 Å². The Morgan fingerprint density at radius 1 is 1.30 bits per heavy atom. The first-order valence-corrected chi connectivity index (χ1v) is 9.97. The molecule has 30 heavy (non-hydrogen) atoms. The zero-order valence-electron chi connectivity index (χ0n) is 17.2. The van der Waals surface area contributed by atoms with E-state index in [1.807, 2.05) is 16.7 Å². The van der Waals surface area contributed by atoms with E-state index in [1.54, 1.807) is 19.2 Å². The van der Waals surface area contributed by atoms with E-state index >= 15 is 0 Å². The molecule has 1 atom stereocenters. The molecule has 2 aromatic rings. The van der Waals surface area contributed by atoms with Gasteiger partial charge in [0.15, 0.2) is 0 Å². The Kier molecular flexibility index (Phi) is 7.34. The minimum Gasteiger partial charge on any atom is -0.379 e. The van der Waals surface area contributed by atoms with Gasteiger partial charge in [-0.1, -0.05) is 0 Å². The summed E-state index contributed by atoms with van der Waals surface area (Å²) in [5.41, 5.74) is 1.01. The minimum absolute atomic E-state index is 0.0332. The summed E-state index contributed by atoms with van der Waals surface area (Å²) in [5, 5.41) is 9.35. The van der Waals surface area contributed by atoms with Crippen LogP contribution in [0.3, 0.4) is 0 Å². The topological polar surface area (TPSA) is 103 Å². The number of hydrogen-bond acceptors (Lipinski definition) is 7. The van der Waals surface area contributed by atoms with Crippen LogP contribution in [0.4, 0.5) is 15.9 Å². The van der Waals surface area contributed by atoms with Crippen molar-refractivity contribution in [3.8, 4) is 0 Å². The van der Waals surface area contributed by atoms with E-state index in [9.17, 15) is 14.0 Å². The summed E-state index contributed by atoms with van der Waals surface area (Å²) in [5.74, 6) is 0.414. The van der Waals surface area contributed by atoms with Crippen LogP contribution in [0.5, 0.6) is 0 Å². The van der Waals surface area contributed by atoms with E-state index in [1.165, 1.54) is 12.3 Å². The number of H-pyrrole nitrogens is 1. The van der Waals surface area contributed by atoms with Crippen molar-refractivity contribution in [2.45, 2.75) is 26.3 Å². The second kappa shape index (κ2) is 10.1. The van der Waals surface area contributed by atoms with Crippen LogP contribution < -0.4 is 15.8 Å². The quantitative estimate of drug-likeness (QED) is 0.620. The number of ether oxygens (including phenoxy) is 1. The lowest BCUT2D eigenvalue weighted by atomic mass is 10.2. The van der Waals surface area contributed by atoms with Gasteiger partial charge < -0.3 is 19.9 Å². The molecule has 0 radical (unpaired) electrons. The number of nitrogens with zero attached hydrogens (tertiary/aromatic N) is 4. The van der Waals surface area contributed by atoms with Crippen LogP contribution in [0.1, 0.15) is 18.9 Å². The van der Waals surface area contributed by atoms with Gasteiger partial charge >= 0.3 is 0 Å². The fourth-order valence-electron chi connectivity index (χ4n) is 3.23. The number of amides is 1. The number of carbonyl (C=O) groups is 1. The summed E-state index contributed by atoms with van der Waals surface area (Å²) in [6, 6.07) is 3.01. The molecule has 1 amide bonds. The van der Waals surface area contributed by atoms with Gasteiger partial charge in [-0.25, -0.2) is 14.5 Å². The molecule has 2 aromatic heterocycles. The van der Waals surface area contributed by atoms with Crippen LogP contribution >= 0.6 is 0 Å². The molecule has 0 aromatic carbocycles. The Balaban J connectivity index is 1.34. The third kappa shape index (κ3) is 5.76. The molecule has 3 rings (SSSR count). The number of halogens is 1. The van der Waals surface area contributed by atoms with Crippen molar-refractivity contribution in [3.05, 3.63) is 46.3 Å². The molecule has 10 heteroatoms. The molecule has 9 nitrogen and oxygen atoms in total. The smallest absolute Gasteiger partial charge is 0.269 e. The highest BCUT2D eigenvalue weighted by molar-refractivity contribution is 5.76. The van der Waals surface area contributed by atoms with Crippen LogP contribution in [0.15, 0.2) is 29.3 Å². The molecule has 1 fully saturated rings. The van der Waals surface area contributed by atoms with E-state index in [0.29, 0.717) is 57.1 Å². The summed E-state index contributed by atoms with van der Waals surface area (Å²) in [6.45, 7) is 6.92. The fourth-order valence-corrected chi connectivity index (χ4v) is 3.23. The summed E-state index contributed by atoms with van der Waals surface area (Å²) < 4.78 is 18.6. The van der Waals surface area contributed by atoms with Gasteiger partial charge in [0.25, 0.3) is 5.56 Å². The Hall–Kier alpha value is -3.01. The molecule has 0 unspecified atom stereocenters. The van der Waals surface area contributed by atoms with Crippen molar-refractivity contribution in [2.24, 2.45) is 0 Å². The first kappa shape index (κ1) is 21.7. The summed E-state index contributed by atoms with van der Waals surface area (Å²) in [6.07, 6.45) is 3.08. The van der Waals surface area contributed by atoms with Crippen LogP contribution in [-0.4, -0.2) is 71.4 Å². The van der Waals surface area contributed by atoms with E-state index in [2.05, 4.69) is 20.5 Å². The normalized spacial score (nSPS) is 15.2. The largest absolute Gasteiger partial charge is 0.379 e. The third-order valence-corrected chi connectivity index (χ3v) is 5.00. The van der Waals surface area contributed by atoms with Crippen molar-refractivity contribution >= 4 is 17.4 Å². The molecule has 1 saturated heterocycles. The number of piperazine rings is 1. The Morgan fingerprint density at radius 2 is 2.07 bits per heavy atom. The van der Waals surface area contributed by atoms with Gasteiger partial charge in [0, 0.05) is 37.8 Å². The molecule has 1 aliphatic heterocycles. The summed E-state index contributed by atoms with van der Waals surface area (Å²) in [4.78, 5) is 31.9. The maximum Gasteiger partial charge on any atom is 0.269 e. The predicted molar refractivity (Wildman–Crippen MR) is 111 cm³/mol. The van der Waals surface area contributed by atoms with Crippen molar-refractivity contribution in [2.75, 3.05) is 49.6 Å². The number of aromatic amines is 1. The van der Waals surface area contributed by atoms with Crippen LogP contribution in [0, 0.1) is 12.7 Å². The number of carbonyl (C=O) groups excluding carboxylic acids is 1. The lowest BCUT2D eigenvalue weighted by molar-refractivity contribution is -0.132. The third-order valence-electron chi connectivity index (χ3n) is 5.00. The average Bonchev–Trinajstić information content (AvgIpc) is 2.75. The highest BCUT2D eigenvalue weighted by atomic mass is 19.1. The van der Waals surface area contributed by atoms with Crippen molar-refractivity contribution in [1.29, 1.82) is 0 Å². The molecule has 0 bridgehead atoms. The Bertz CT molecular complexity index is 896. The zero-order valence-corrected chi connectivity index (χ0v) is 17.2. The standard InChI is InChI=1S/C20H27FN6O3/c1-14(24-17-12-23-25-20(29)15(17)2)13-30-10-5-19(28)27-8-6-26(7-9-27)18-4-3-16(21)11-22-18/h3-4,11-12,14H,5-10,13H2,1-2H3,(H2,24,25,29)/t14-/m0/s1. The van der Waals surface area contributed by atoms with Crippen molar-refractivity contribution in [1.82, 2.24) is 20.1 Å². The van der Waals surface area contributed by atoms with Crippen molar-refractivity contribution < 1.29 is 13.9 Å². The van der Waals surface area contributed by atoms with Crippen LogP contribution in [-0.2, 0) is 9.53 Å². The van der Waals surface area contributed by atoms with Crippen LogP contribution in [0.25, 0.3) is 0 Å². The molecule has 0 aliphatic carbocycles. The molecule has 2 N–H and O–H groups in total. The van der Waals surface area contributed by atoms with E-state index in [-0.39, 0.29) is 23.3 Å². The summed E-state index contributed by atoms with van der Waals surface area (Å²) in [7, 11) is 0. The predicted octanol–water partition coefficient (Wildman–Crippen LogP) is 1.17. The molecule has 0 spiro atoms. The average molecular weight is 418 g/mol. The number of rotatable bonds is 8. The lowest BCUT2D eigenvalue weighted by Crippen LogP contribution is -2.49. The first-order chi connectivity index (χ1) is 14.4. The zero-order chi connectivity index (χ0) is 21.5. The van der Waals surface area contributed by atoms with Gasteiger partial charge in [-0.3, -0.25) is 9.59 Å². The van der Waals surface area contributed by atoms with Gasteiger partial charge in [-0.05, 0) is 26.0 Å². The van der Waals surface area contributed by atoms with Gasteiger partial charge in [0.05, 0.1) is 37.7 Å². The lowest BCUT2D eigenvalue weighted by Gasteiger charge is -2.35. The van der Waals surface area contributed by atoms with E-state index in [0.717, 1.165) is 5.82 Å². The molecular formula is C20H27FN6O3. The maximum atomic E-state index is 13.0. The maximum absolute atomic E-state index is 13.0. The summed E-state index contributed by atoms with van der Waals surface area (Å²) >= 11 is 0. The Labute approximate surface area is 174 Å². The van der Waals surface area contributed by atoms with Gasteiger partial charge in [-0.15, -0.1) is 0 Å². The second-order valence-corrected chi connectivity index (χ2v) is 7.31. The molecule has 3 heterocycles. The number of aromatic nitrogens is 3. The fraction of sp³-hybridized carbons (Fsp3) is 0.500. The molecule has 162 valence electrons. The van der Waals surface area contributed by atoms with Gasteiger partial charge in [-0.2, -0.15) is 5.10 Å².